The van der Waals surface area contributed by atoms with Gasteiger partial charge in [-0.1, -0.05) is 24.3 Å². The number of rotatable bonds is 14. The fraction of sp³-hybridized carbons (Fsp3) is 0.485. The van der Waals surface area contributed by atoms with E-state index in [1.165, 1.54) is 29.2 Å². The highest BCUT2D eigenvalue weighted by molar-refractivity contribution is 5.94. The molecule has 0 bridgehead atoms. The lowest BCUT2D eigenvalue weighted by atomic mass is 9.83. The summed E-state index contributed by atoms with van der Waals surface area (Å²) >= 11 is 0. The van der Waals surface area contributed by atoms with Gasteiger partial charge in [-0.15, -0.1) is 0 Å². The third-order valence-corrected chi connectivity index (χ3v) is 8.82. The highest BCUT2D eigenvalue weighted by Gasteiger charge is 2.50. The number of amides is 3. The zero-order chi connectivity index (χ0) is 34.1. The molecule has 254 valence electrons. The summed E-state index contributed by atoms with van der Waals surface area (Å²) in [6.07, 6.45) is 0.721. The monoisotopic (exact) mass is 652 g/mol. The molecule has 3 amide bonds. The number of carbonyl (C=O) groups excluding carboxylic acids is 4. The van der Waals surface area contributed by atoms with Crippen LogP contribution in [0.4, 0.5) is 0 Å². The molecule has 14 nitrogen and oxygen atoms in total. The number of aldehydes is 1. The van der Waals surface area contributed by atoms with Gasteiger partial charge in [-0.3, -0.25) is 19.4 Å². The van der Waals surface area contributed by atoms with Crippen LogP contribution in [-0.2, 0) is 32.0 Å². The number of phenols is 2. The maximum Gasteiger partial charge on any atom is 0.249 e. The number of hydrogen-bond acceptors (Lipinski definition) is 9. The first-order valence-electron chi connectivity index (χ1n) is 15.8. The van der Waals surface area contributed by atoms with E-state index < -0.39 is 54.1 Å². The van der Waals surface area contributed by atoms with Crippen LogP contribution in [-0.4, -0.2) is 98.2 Å². The number of aliphatic imine (C=N–C) groups is 1. The molecule has 7 atom stereocenters. The first-order chi connectivity index (χ1) is 22.4. The zero-order valence-corrected chi connectivity index (χ0v) is 26.1. The van der Waals surface area contributed by atoms with Gasteiger partial charge in [-0.05, 0) is 79.8 Å². The number of nitrogens with one attached hydrogen (secondary N) is 2. The second kappa shape index (κ2) is 16.2. The highest BCUT2D eigenvalue weighted by atomic mass is 16.3. The molecular weight excluding hydrogens is 608 g/mol. The molecule has 1 aliphatic heterocycles. The van der Waals surface area contributed by atoms with Crippen LogP contribution in [0, 0.1) is 5.92 Å². The number of nitrogens with zero attached hydrogens (tertiary/aromatic N) is 2. The highest BCUT2D eigenvalue weighted by Crippen LogP contribution is 2.40. The molecule has 0 unspecified atom stereocenters. The van der Waals surface area contributed by atoms with E-state index >= 15 is 0 Å². The van der Waals surface area contributed by atoms with Crippen LogP contribution in [0.3, 0.4) is 0 Å². The number of aliphatic hydroxyl groups excluding tert-OH is 2. The lowest BCUT2D eigenvalue weighted by Gasteiger charge is -2.37. The van der Waals surface area contributed by atoms with Crippen molar-refractivity contribution in [1.82, 2.24) is 15.5 Å². The van der Waals surface area contributed by atoms with Crippen molar-refractivity contribution in [3.63, 3.8) is 0 Å². The number of fused-ring (bicyclic) bond motifs is 1. The van der Waals surface area contributed by atoms with Crippen molar-refractivity contribution in [3.05, 3.63) is 59.7 Å². The fourth-order valence-corrected chi connectivity index (χ4v) is 6.42. The van der Waals surface area contributed by atoms with E-state index in [2.05, 4.69) is 15.6 Å². The van der Waals surface area contributed by atoms with Gasteiger partial charge in [0, 0.05) is 25.4 Å². The molecule has 1 heterocycles. The molecule has 0 spiro atoms. The van der Waals surface area contributed by atoms with Gasteiger partial charge >= 0.3 is 0 Å². The number of likely N-dealkylation sites (tertiary alicyclic amines) is 1. The summed E-state index contributed by atoms with van der Waals surface area (Å²) in [6, 6.07) is 8.61. The molecule has 0 aromatic heterocycles. The first kappa shape index (κ1) is 35.2. The van der Waals surface area contributed by atoms with E-state index in [1.807, 2.05) is 0 Å². The van der Waals surface area contributed by atoms with Crippen LogP contribution in [0.25, 0.3) is 0 Å². The van der Waals surface area contributed by atoms with E-state index in [0.29, 0.717) is 43.1 Å². The second-order valence-electron chi connectivity index (χ2n) is 12.3. The molecule has 2 aliphatic rings. The van der Waals surface area contributed by atoms with Crippen molar-refractivity contribution in [2.75, 3.05) is 6.54 Å². The van der Waals surface area contributed by atoms with E-state index in [9.17, 15) is 39.6 Å². The molecule has 10 N–H and O–H groups in total. The predicted molar refractivity (Wildman–Crippen MR) is 172 cm³/mol. The van der Waals surface area contributed by atoms with Crippen LogP contribution in [0.15, 0.2) is 53.5 Å². The summed E-state index contributed by atoms with van der Waals surface area (Å²) in [5.41, 5.74) is 11.9. The van der Waals surface area contributed by atoms with Gasteiger partial charge in [0.05, 0.1) is 12.1 Å². The van der Waals surface area contributed by atoms with Gasteiger partial charge in [-0.2, -0.15) is 0 Å². The number of phenolic OH excluding ortho intramolecular Hbond substituents is 2. The minimum atomic E-state index is -1.52. The number of aliphatic hydroxyl groups is 2. The maximum absolute atomic E-state index is 14.5. The quantitative estimate of drug-likeness (QED) is 0.0568. The Morgan fingerprint density at radius 1 is 0.936 bits per heavy atom. The molecule has 47 heavy (non-hydrogen) atoms. The molecular formula is C33H44N6O8. The minimum absolute atomic E-state index is 0.0106. The number of benzene rings is 2. The maximum atomic E-state index is 14.5. The third-order valence-electron chi connectivity index (χ3n) is 8.82. The Bertz CT molecular complexity index is 1420. The van der Waals surface area contributed by atoms with Gasteiger partial charge in [0.2, 0.25) is 17.7 Å². The fourth-order valence-electron chi connectivity index (χ4n) is 6.42. The average molecular weight is 653 g/mol. The number of hydrogen-bond donors (Lipinski definition) is 8. The van der Waals surface area contributed by atoms with Crippen LogP contribution in [0.2, 0.25) is 0 Å². The van der Waals surface area contributed by atoms with E-state index in [1.54, 1.807) is 24.3 Å². The Morgan fingerprint density at radius 2 is 1.55 bits per heavy atom. The van der Waals surface area contributed by atoms with E-state index in [0.717, 1.165) is 0 Å². The normalized spacial score (nSPS) is 22.3. The lowest BCUT2D eigenvalue weighted by molar-refractivity contribution is -0.145. The minimum Gasteiger partial charge on any atom is -0.508 e. The van der Waals surface area contributed by atoms with Crippen LogP contribution >= 0.6 is 0 Å². The lowest BCUT2D eigenvalue weighted by Crippen LogP contribution is -2.59. The molecule has 2 fully saturated rings. The summed E-state index contributed by atoms with van der Waals surface area (Å²) in [7, 11) is 0. The number of guanidine groups is 1. The molecule has 2 aromatic carbocycles. The molecule has 1 aliphatic carbocycles. The second-order valence-corrected chi connectivity index (χ2v) is 12.3. The Balaban J connectivity index is 1.57. The van der Waals surface area contributed by atoms with Crippen molar-refractivity contribution in [2.45, 2.75) is 87.7 Å². The van der Waals surface area contributed by atoms with Crippen LogP contribution in [0.1, 0.15) is 49.7 Å². The molecule has 4 rings (SSSR count). The summed E-state index contributed by atoms with van der Waals surface area (Å²) in [5, 5.41) is 46.1. The summed E-state index contributed by atoms with van der Waals surface area (Å²) in [4.78, 5) is 58.6. The molecule has 2 aromatic rings. The number of carbonyl (C=O) groups is 4. The van der Waals surface area contributed by atoms with Gasteiger partial charge in [0.1, 0.15) is 36.0 Å². The largest absolute Gasteiger partial charge is 0.508 e. The summed E-state index contributed by atoms with van der Waals surface area (Å²) in [5.74, 6) is -2.01. The standard InChI is InChI=1S/C33H44N6O8/c34-33(35)36-13-1-2-22(18-40)37-30(45)28-16-21-7-12-25(43)17-27(21)39(28)32(47)26(14-19-3-8-23(41)9-4-19)38-31(46)29(44)15-20-5-10-24(42)11-6-20/h3-6,8-11,18,21-22,25-29,41-44H,1-2,7,12-17H2,(H,37,45)(H,38,46)(H4,34,35,36)/t21-,22-,25+,26+,27-,28-,29-/m0/s1. The third kappa shape index (κ3) is 9.66. The van der Waals surface area contributed by atoms with Crippen LogP contribution in [0.5, 0.6) is 11.5 Å². The Kier molecular flexibility index (Phi) is 12.1. The Hall–Kier alpha value is -4.69. The Labute approximate surface area is 272 Å². The van der Waals surface area contributed by atoms with Crippen molar-refractivity contribution in [3.8, 4) is 11.5 Å². The van der Waals surface area contributed by atoms with E-state index in [4.69, 9.17) is 11.5 Å². The molecule has 0 radical (unpaired) electrons. The first-order valence-corrected chi connectivity index (χ1v) is 15.8. The van der Waals surface area contributed by atoms with Crippen molar-refractivity contribution >= 4 is 30.0 Å². The summed E-state index contributed by atoms with van der Waals surface area (Å²) in [6.45, 7) is 0.274. The van der Waals surface area contributed by atoms with E-state index in [-0.39, 0.29) is 55.6 Å². The van der Waals surface area contributed by atoms with Gasteiger partial charge in [-0.25, -0.2) is 0 Å². The summed E-state index contributed by atoms with van der Waals surface area (Å²) < 4.78 is 0. The number of aromatic hydroxyl groups is 2. The van der Waals surface area contributed by atoms with Crippen molar-refractivity contribution < 1.29 is 39.6 Å². The van der Waals surface area contributed by atoms with Gasteiger partial charge < -0.3 is 52.2 Å². The number of nitrogens with two attached hydrogens (primary N) is 2. The molecule has 1 saturated carbocycles. The SMILES string of the molecule is NC(N)=NCCC[C@@H](C=O)NC(=O)[C@@H]1C[C@@H]2CC[C@@H](O)C[C@@H]2N1C(=O)[C@@H](Cc1ccc(O)cc1)NC(=O)[C@@H](O)Cc1ccc(O)cc1. The van der Waals surface area contributed by atoms with Crippen molar-refractivity contribution in [2.24, 2.45) is 22.4 Å². The smallest absolute Gasteiger partial charge is 0.249 e. The zero-order valence-electron chi connectivity index (χ0n) is 26.1. The van der Waals surface area contributed by atoms with Crippen LogP contribution < -0.4 is 22.1 Å². The molecule has 14 heteroatoms. The Morgan fingerprint density at radius 3 is 2.15 bits per heavy atom. The topological polar surface area (TPSA) is 241 Å². The van der Waals surface area contributed by atoms with Gasteiger partial charge in [0.25, 0.3) is 0 Å². The average Bonchev–Trinajstić information content (AvgIpc) is 3.42. The molecule has 1 saturated heterocycles. The predicted octanol–water partition coefficient (Wildman–Crippen LogP) is -0.403. The van der Waals surface area contributed by atoms with Crippen molar-refractivity contribution in [1.29, 1.82) is 0 Å². The van der Waals surface area contributed by atoms with Gasteiger partial charge in [0.15, 0.2) is 5.96 Å².